The fourth-order valence-corrected chi connectivity index (χ4v) is 2.00. The first-order chi connectivity index (χ1) is 11.2. The summed E-state index contributed by atoms with van der Waals surface area (Å²) in [5, 5.41) is 2.23. The molecule has 1 amide bonds. The van der Waals surface area contributed by atoms with E-state index in [1.165, 1.54) is 18.2 Å². The highest BCUT2D eigenvalue weighted by Gasteiger charge is 2.34. The zero-order valence-electron chi connectivity index (χ0n) is 12.9. The van der Waals surface area contributed by atoms with Gasteiger partial charge in [0.05, 0.1) is 11.3 Å². The molecule has 0 aliphatic carbocycles. The Morgan fingerprint density at radius 3 is 2.21 bits per heavy atom. The van der Waals surface area contributed by atoms with Gasteiger partial charge < -0.3 is 10.1 Å². The van der Waals surface area contributed by atoms with Gasteiger partial charge in [0.25, 0.3) is 5.91 Å². The van der Waals surface area contributed by atoms with Gasteiger partial charge in [-0.1, -0.05) is 17.7 Å². The molecule has 2 rings (SSSR count). The minimum absolute atomic E-state index is 0.234. The fourth-order valence-electron chi connectivity index (χ4n) is 2.00. The van der Waals surface area contributed by atoms with Crippen molar-refractivity contribution in [2.45, 2.75) is 20.0 Å². The molecule has 24 heavy (non-hydrogen) atoms. The Morgan fingerprint density at radius 1 is 1.04 bits per heavy atom. The second kappa shape index (κ2) is 6.74. The maximum Gasteiger partial charge on any atom is 0.418 e. The number of hydrogen-bond donors (Lipinski definition) is 1. The van der Waals surface area contributed by atoms with Crippen molar-refractivity contribution in [3.8, 4) is 5.75 Å². The highest BCUT2D eigenvalue weighted by atomic mass is 19.4. The van der Waals surface area contributed by atoms with E-state index >= 15 is 0 Å². The van der Waals surface area contributed by atoms with Gasteiger partial charge in [0.2, 0.25) is 0 Å². The second-order valence-electron chi connectivity index (χ2n) is 5.12. The fraction of sp³-hybridized carbons (Fsp3) is 0.176. The summed E-state index contributed by atoms with van der Waals surface area (Å²) in [6, 6.07) is 9.31. The molecule has 7 heteroatoms. The van der Waals surface area contributed by atoms with Gasteiger partial charge in [-0.25, -0.2) is 0 Å². The first-order valence-corrected chi connectivity index (χ1v) is 6.94. The third-order valence-corrected chi connectivity index (χ3v) is 3.12. The lowest BCUT2D eigenvalue weighted by molar-refractivity contribution is -0.138. The van der Waals surface area contributed by atoms with E-state index in [-0.39, 0.29) is 11.3 Å². The highest BCUT2D eigenvalue weighted by Crippen LogP contribution is 2.37. The number of nitrogens with one attached hydrogen (secondary N) is 1. The number of hydrogen-bond acceptors (Lipinski definition) is 3. The van der Waals surface area contributed by atoms with Crippen LogP contribution in [0.3, 0.4) is 0 Å². The quantitative estimate of drug-likeness (QED) is 0.675. The lowest BCUT2D eigenvalue weighted by Crippen LogP contribution is -2.17. The van der Waals surface area contributed by atoms with Gasteiger partial charge in [-0.2, -0.15) is 13.2 Å². The summed E-state index contributed by atoms with van der Waals surface area (Å²) in [4.78, 5) is 23.0. The first kappa shape index (κ1) is 17.5. The second-order valence-corrected chi connectivity index (χ2v) is 5.12. The molecule has 0 atom stereocenters. The number of carbonyl (C=O) groups is 2. The minimum Gasteiger partial charge on any atom is -0.427 e. The number of amides is 1. The van der Waals surface area contributed by atoms with Crippen LogP contribution in [0.5, 0.6) is 5.75 Å². The maximum absolute atomic E-state index is 13.2. The number of carbonyl (C=O) groups excluding carboxylic acids is 2. The van der Waals surface area contributed by atoms with Gasteiger partial charge in [0.15, 0.2) is 0 Å². The van der Waals surface area contributed by atoms with E-state index in [9.17, 15) is 22.8 Å². The summed E-state index contributed by atoms with van der Waals surface area (Å²) in [5.41, 5.74) is -0.350. The number of rotatable bonds is 3. The van der Waals surface area contributed by atoms with Crippen LogP contribution in [0.2, 0.25) is 0 Å². The van der Waals surface area contributed by atoms with Crippen molar-refractivity contribution in [2.24, 2.45) is 0 Å². The van der Waals surface area contributed by atoms with E-state index in [0.29, 0.717) is 6.07 Å². The Hall–Kier alpha value is -2.83. The first-order valence-electron chi connectivity index (χ1n) is 6.94. The minimum atomic E-state index is -4.72. The van der Waals surface area contributed by atoms with Crippen molar-refractivity contribution < 1.29 is 27.5 Å². The number of aryl methyl sites for hydroxylation is 1. The molecule has 2 aromatic carbocycles. The van der Waals surface area contributed by atoms with Crippen LogP contribution in [-0.4, -0.2) is 11.9 Å². The molecule has 0 saturated carbocycles. The van der Waals surface area contributed by atoms with Gasteiger partial charge >= 0.3 is 12.1 Å². The van der Waals surface area contributed by atoms with Crippen molar-refractivity contribution in [2.75, 3.05) is 5.32 Å². The van der Waals surface area contributed by atoms with Crippen LogP contribution in [0.15, 0.2) is 42.5 Å². The molecule has 0 bridgehead atoms. The summed E-state index contributed by atoms with van der Waals surface area (Å²) in [6.07, 6.45) is -4.72. The average molecular weight is 337 g/mol. The molecule has 0 aromatic heterocycles. The Bertz CT molecular complexity index is 768. The van der Waals surface area contributed by atoms with E-state index in [1.807, 2.05) is 6.92 Å². The normalized spacial score (nSPS) is 11.0. The van der Waals surface area contributed by atoms with Gasteiger partial charge in [-0.3, -0.25) is 9.59 Å². The molecular formula is C17H14F3NO3. The summed E-state index contributed by atoms with van der Waals surface area (Å²) in [7, 11) is 0. The molecule has 0 heterocycles. The van der Waals surface area contributed by atoms with Crippen molar-refractivity contribution in [1.82, 2.24) is 0 Å². The van der Waals surface area contributed by atoms with Crippen molar-refractivity contribution in [1.29, 1.82) is 0 Å². The predicted octanol–water partition coefficient (Wildman–Crippen LogP) is 4.19. The van der Waals surface area contributed by atoms with Crippen molar-refractivity contribution >= 4 is 17.6 Å². The molecule has 0 radical (unpaired) electrons. The van der Waals surface area contributed by atoms with E-state index < -0.39 is 29.3 Å². The Morgan fingerprint density at radius 2 is 1.67 bits per heavy atom. The average Bonchev–Trinajstić information content (AvgIpc) is 2.47. The molecule has 126 valence electrons. The third kappa shape index (κ3) is 4.34. The van der Waals surface area contributed by atoms with Crippen LogP contribution < -0.4 is 10.1 Å². The molecule has 4 nitrogen and oxygen atoms in total. The van der Waals surface area contributed by atoms with E-state index in [2.05, 4.69) is 10.1 Å². The largest absolute Gasteiger partial charge is 0.427 e. The zero-order chi connectivity index (χ0) is 17.9. The van der Waals surface area contributed by atoms with Crippen LogP contribution in [-0.2, 0) is 11.0 Å². The lowest BCUT2D eigenvalue weighted by atomic mass is 10.1. The monoisotopic (exact) mass is 337 g/mol. The van der Waals surface area contributed by atoms with Gasteiger partial charge in [0, 0.05) is 12.5 Å². The molecule has 0 fully saturated rings. The number of anilines is 1. The van der Waals surface area contributed by atoms with E-state index in [1.54, 1.807) is 12.1 Å². The van der Waals surface area contributed by atoms with Crippen molar-refractivity contribution in [3.05, 3.63) is 59.2 Å². The standard InChI is InChI=1S/C17H14F3NO3/c1-10-3-5-12(6-4-10)16(23)21-15-8-7-13(24-11(2)22)9-14(15)17(18,19)20/h3-9H,1-2H3,(H,21,23). The summed E-state index contributed by atoms with van der Waals surface area (Å²) in [6.45, 7) is 2.91. The van der Waals surface area contributed by atoms with Gasteiger partial charge in [-0.05, 0) is 37.3 Å². The number of alkyl halides is 3. The molecule has 0 aliphatic rings. The van der Waals surface area contributed by atoms with Crippen LogP contribution >= 0.6 is 0 Å². The Balaban J connectivity index is 2.33. The van der Waals surface area contributed by atoms with E-state index in [0.717, 1.165) is 18.6 Å². The molecular weight excluding hydrogens is 323 g/mol. The van der Waals surface area contributed by atoms with Crippen LogP contribution in [0.25, 0.3) is 0 Å². The Labute approximate surface area is 136 Å². The highest BCUT2D eigenvalue weighted by molar-refractivity contribution is 6.04. The molecule has 1 N–H and O–H groups in total. The topological polar surface area (TPSA) is 55.4 Å². The number of halogens is 3. The van der Waals surface area contributed by atoms with Crippen LogP contribution in [0.4, 0.5) is 18.9 Å². The maximum atomic E-state index is 13.2. The molecule has 0 aliphatic heterocycles. The lowest BCUT2D eigenvalue weighted by Gasteiger charge is -2.15. The molecule has 0 saturated heterocycles. The van der Waals surface area contributed by atoms with Crippen LogP contribution in [0, 0.1) is 6.92 Å². The number of benzene rings is 2. The third-order valence-electron chi connectivity index (χ3n) is 3.12. The summed E-state index contributed by atoms with van der Waals surface area (Å²) in [5.74, 6) is -1.65. The molecule has 2 aromatic rings. The molecule has 0 unspecified atom stereocenters. The van der Waals surface area contributed by atoms with Crippen molar-refractivity contribution in [3.63, 3.8) is 0 Å². The zero-order valence-corrected chi connectivity index (χ0v) is 12.9. The number of ether oxygens (including phenoxy) is 1. The summed E-state index contributed by atoms with van der Waals surface area (Å²) < 4.78 is 44.2. The molecule has 0 spiro atoms. The number of esters is 1. The smallest absolute Gasteiger partial charge is 0.418 e. The SMILES string of the molecule is CC(=O)Oc1ccc(NC(=O)c2ccc(C)cc2)c(C(F)(F)F)c1. The van der Waals surface area contributed by atoms with E-state index in [4.69, 9.17) is 0 Å². The summed E-state index contributed by atoms with van der Waals surface area (Å²) >= 11 is 0. The van der Waals surface area contributed by atoms with Crippen LogP contribution in [0.1, 0.15) is 28.4 Å². The Kier molecular flexibility index (Phi) is 4.92. The van der Waals surface area contributed by atoms with Gasteiger partial charge in [0.1, 0.15) is 5.75 Å². The van der Waals surface area contributed by atoms with Gasteiger partial charge in [-0.15, -0.1) is 0 Å². The predicted molar refractivity (Wildman–Crippen MR) is 81.9 cm³/mol.